The fourth-order valence-electron chi connectivity index (χ4n) is 2.13. The molecule has 0 heterocycles. The largest absolute Gasteiger partial charge is 0.482 e. The van der Waals surface area contributed by atoms with Gasteiger partial charge in [0.1, 0.15) is 5.75 Å². The molecule has 2 rings (SSSR count). The molecule has 21 heavy (non-hydrogen) atoms. The summed E-state index contributed by atoms with van der Waals surface area (Å²) in [5.74, 6) is 0.329. The first-order valence-electron chi connectivity index (χ1n) is 6.97. The number of carbonyl (C=O) groups is 1. The van der Waals surface area contributed by atoms with Crippen LogP contribution in [-0.4, -0.2) is 12.5 Å². The molecule has 3 N–H and O–H groups in total. The van der Waals surface area contributed by atoms with Gasteiger partial charge in [-0.1, -0.05) is 37.3 Å². The number of nitrogen functional groups attached to an aromatic ring is 1. The highest BCUT2D eigenvalue weighted by molar-refractivity contribution is 5.93. The van der Waals surface area contributed by atoms with Crippen LogP contribution in [0.15, 0.2) is 42.5 Å². The number of amides is 1. The van der Waals surface area contributed by atoms with Crippen LogP contribution in [0.2, 0.25) is 0 Å². The standard InChI is InChI=1S/C17H20N2O2/c1-3-13-8-6-7-12(2)17(13)19-16(20)11-21-15-10-5-4-9-14(15)18/h4-10H,3,11,18H2,1-2H3,(H,19,20). The highest BCUT2D eigenvalue weighted by atomic mass is 16.5. The fraction of sp³-hybridized carbons (Fsp3) is 0.235. The molecule has 0 saturated heterocycles. The van der Waals surface area contributed by atoms with Crippen molar-refractivity contribution in [1.29, 1.82) is 0 Å². The van der Waals surface area contributed by atoms with E-state index in [1.165, 1.54) is 0 Å². The number of ether oxygens (including phenoxy) is 1. The van der Waals surface area contributed by atoms with Gasteiger partial charge in [0.15, 0.2) is 6.61 Å². The lowest BCUT2D eigenvalue weighted by molar-refractivity contribution is -0.118. The zero-order valence-electron chi connectivity index (χ0n) is 12.3. The molecule has 0 bridgehead atoms. The average Bonchev–Trinajstić information content (AvgIpc) is 2.48. The zero-order valence-corrected chi connectivity index (χ0v) is 12.3. The van der Waals surface area contributed by atoms with Gasteiger partial charge in [0.2, 0.25) is 0 Å². The van der Waals surface area contributed by atoms with Gasteiger partial charge in [-0.15, -0.1) is 0 Å². The lowest BCUT2D eigenvalue weighted by atomic mass is 10.1. The van der Waals surface area contributed by atoms with Crippen LogP contribution in [-0.2, 0) is 11.2 Å². The van der Waals surface area contributed by atoms with Crippen LogP contribution >= 0.6 is 0 Å². The van der Waals surface area contributed by atoms with E-state index in [9.17, 15) is 4.79 Å². The number of para-hydroxylation sites is 3. The van der Waals surface area contributed by atoms with E-state index in [0.29, 0.717) is 11.4 Å². The van der Waals surface area contributed by atoms with Gasteiger partial charge in [0.05, 0.1) is 5.69 Å². The summed E-state index contributed by atoms with van der Waals surface area (Å²) in [6, 6.07) is 13.1. The summed E-state index contributed by atoms with van der Waals surface area (Å²) in [5.41, 5.74) is 9.32. The Kier molecular flexibility index (Phi) is 4.82. The molecule has 2 aromatic rings. The Morgan fingerprint density at radius 1 is 1.19 bits per heavy atom. The van der Waals surface area contributed by atoms with Crippen molar-refractivity contribution in [2.75, 3.05) is 17.7 Å². The molecular weight excluding hydrogens is 264 g/mol. The molecule has 0 aliphatic heterocycles. The van der Waals surface area contributed by atoms with Gasteiger partial charge < -0.3 is 15.8 Å². The van der Waals surface area contributed by atoms with Crippen molar-refractivity contribution in [3.05, 3.63) is 53.6 Å². The lowest BCUT2D eigenvalue weighted by Gasteiger charge is -2.13. The van der Waals surface area contributed by atoms with Crippen LogP contribution in [0.4, 0.5) is 11.4 Å². The maximum atomic E-state index is 12.0. The normalized spacial score (nSPS) is 10.2. The number of aryl methyl sites for hydroxylation is 2. The molecule has 0 atom stereocenters. The zero-order chi connectivity index (χ0) is 15.2. The molecule has 0 aliphatic carbocycles. The van der Waals surface area contributed by atoms with Crippen molar-refractivity contribution in [3.8, 4) is 5.75 Å². The van der Waals surface area contributed by atoms with Gasteiger partial charge >= 0.3 is 0 Å². The van der Waals surface area contributed by atoms with E-state index in [1.54, 1.807) is 12.1 Å². The average molecular weight is 284 g/mol. The third-order valence-corrected chi connectivity index (χ3v) is 3.28. The Bertz CT molecular complexity index is 638. The smallest absolute Gasteiger partial charge is 0.262 e. The molecule has 0 aliphatic rings. The first-order chi connectivity index (χ1) is 10.1. The van der Waals surface area contributed by atoms with Crippen molar-refractivity contribution < 1.29 is 9.53 Å². The molecule has 1 amide bonds. The van der Waals surface area contributed by atoms with Gasteiger partial charge in [0.25, 0.3) is 5.91 Å². The Morgan fingerprint density at radius 3 is 2.67 bits per heavy atom. The van der Waals surface area contributed by atoms with E-state index >= 15 is 0 Å². The van der Waals surface area contributed by atoms with Crippen LogP contribution in [0.1, 0.15) is 18.1 Å². The van der Waals surface area contributed by atoms with Crippen LogP contribution in [0.5, 0.6) is 5.75 Å². The second-order valence-corrected chi connectivity index (χ2v) is 4.84. The second kappa shape index (κ2) is 6.79. The van der Waals surface area contributed by atoms with Gasteiger partial charge in [-0.2, -0.15) is 0 Å². The Balaban J connectivity index is 2.01. The van der Waals surface area contributed by atoms with Gasteiger partial charge in [-0.25, -0.2) is 0 Å². The predicted molar refractivity (Wildman–Crippen MR) is 85.5 cm³/mol. The molecule has 0 fully saturated rings. The summed E-state index contributed by atoms with van der Waals surface area (Å²) in [7, 11) is 0. The Labute approximate surface area is 124 Å². The SMILES string of the molecule is CCc1cccc(C)c1NC(=O)COc1ccccc1N. The number of nitrogens with one attached hydrogen (secondary N) is 1. The summed E-state index contributed by atoms with van der Waals surface area (Å²) < 4.78 is 5.45. The lowest BCUT2D eigenvalue weighted by Crippen LogP contribution is -2.21. The number of hydrogen-bond donors (Lipinski definition) is 2. The number of benzene rings is 2. The molecule has 0 aromatic heterocycles. The third-order valence-electron chi connectivity index (χ3n) is 3.28. The van der Waals surface area contributed by atoms with Crippen LogP contribution < -0.4 is 15.8 Å². The minimum atomic E-state index is -0.192. The number of nitrogens with two attached hydrogens (primary N) is 1. The van der Waals surface area contributed by atoms with E-state index in [1.807, 2.05) is 37.3 Å². The van der Waals surface area contributed by atoms with Crippen LogP contribution in [0.3, 0.4) is 0 Å². The van der Waals surface area contributed by atoms with E-state index < -0.39 is 0 Å². The minimum absolute atomic E-state index is 0.0638. The Morgan fingerprint density at radius 2 is 1.95 bits per heavy atom. The summed E-state index contributed by atoms with van der Waals surface area (Å²) in [6.07, 6.45) is 0.865. The van der Waals surface area contributed by atoms with Crippen LogP contribution in [0, 0.1) is 6.92 Å². The monoisotopic (exact) mass is 284 g/mol. The summed E-state index contributed by atoms with van der Waals surface area (Å²) >= 11 is 0. The van der Waals surface area contributed by atoms with E-state index in [0.717, 1.165) is 23.2 Å². The van der Waals surface area contributed by atoms with Crippen molar-refractivity contribution >= 4 is 17.3 Å². The molecule has 0 unspecified atom stereocenters. The summed E-state index contributed by atoms with van der Waals surface area (Å²) in [5, 5.41) is 2.91. The molecule has 110 valence electrons. The van der Waals surface area contributed by atoms with E-state index in [-0.39, 0.29) is 12.5 Å². The van der Waals surface area contributed by atoms with Crippen LogP contribution in [0.25, 0.3) is 0 Å². The fourth-order valence-corrected chi connectivity index (χ4v) is 2.13. The summed E-state index contributed by atoms with van der Waals surface area (Å²) in [4.78, 5) is 12.0. The molecule has 4 heteroatoms. The number of carbonyl (C=O) groups excluding carboxylic acids is 1. The van der Waals surface area contributed by atoms with E-state index in [4.69, 9.17) is 10.5 Å². The number of rotatable bonds is 5. The van der Waals surface area contributed by atoms with Crippen molar-refractivity contribution in [2.24, 2.45) is 0 Å². The molecular formula is C17H20N2O2. The van der Waals surface area contributed by atoms with Gasteiger partial charge in [0, 0.05) is 5.69 Å². The highest BCUT2D eigenvalue weighted by Crippen LogP contribution is 2.22. The first-order valence-corrected chi connectivity index (χ1v) is 6.97. The first kappa shape index (κ1) is 14.9. The quantitative estimate of drug-likeness (QED) is 0.829. The predicted octanol–water partition coefficient (Wildman–Crippen LogP) is 3.16. The molecule has 0 saturated carbocycles. The Hall–Kier alpha value is -2.49. The number of hydrogen-bond acceptors (Lipinski definition) is 3. The minimum Gasteiger partial charge on any atom is -0.482 e. The third kappa shape index (κ3) is 3.75. The molecule has 4 nitrogen and oxygen atoms in total. The maximum Gasteiger partial charge on any atom is 0.262 e. The highest BCUT2D eigenvalue weighted by Gasteiger charge is 2.09. The van der Waals surface area contributed by atoms with Gasteiger partial charge in [-0.05, 0) is 36.6 Å². The van der Waals surface area contributed by atoms with Crippen molar-refractivity contribution in [3.63, 3.8) is 0 Å². The number of anilines is 2. The summed E-state index contributed by atoms with van der Waals surface area (Å²) in [6.45, 7) is 3.97. The molecule has 0 radical (unpaired) electrons. The van der Waals surface area contributed by atoms with E-state index in [2.05, 4.69) is 12.2 Å². The van der Waals surface area contributed by atoms with Crippen molar-refractivity contribution in [1.82, 2.24) is 0 Å². The van der Waals surface area contributed by atoms with Crippen molar-refractivity contribution in [2.45, 2.75) is 20.3 Å². The maximum absolute atomic E-state index is 12.0. The second-order valence-electron chi connectivity index (χ2n) is 4.84. The van der Waals surface area contributed by atoms with Gasteiger partial charge in [-0.3, -0.25) is 4.79 Å². The topological polar surface area (TPSA) is 64.3 Å². The molecule has 0 spiro atoms. The molecule has 2 aromatic carbocycles.